The minimum atomic E-state index is -0.330. The van der Waals surface area contributed by atoms with Gasteiger partial charge in [-0.1, -0.05) is 0 Å². The molecule has 26 heavy (non-hydrogen) atoms. The summed E-state index contributed by atoms with van der Waals surface area (Å²) >= 11 is 0. The number of hydrogen-bond donors (Lipinski definition) is 0. The molecule has 0 bridgehead atoms. The van der Waals surface area contributed by atoms with Crippen molar-refractivity contribution in [3.05, 3.63) is 41.7 Å². The van der Waals surface area contributed by atoms with Crippen LogP contribution in [0.1, 0.15) is 52.0 Å². The van der Waals surface area contributed by atoms with Crippen LogP contribution < -0.4 is 4.74 Å². The van der Waals surface area contributed by atoms with Crippen molar-refractivity contribution in [1.82, 2.24) is 0 Å². The van der Waals surface area contributed by atoms with Gasteiger partial charge >= 0.3 is 0 Å². The zero-order valence-electron chi connectivity index (χ0n) is 16.2. The summed E-state index contributed by atoms with van der Waals surface area (Å²) in [6, 6.07) is 9.41. The molecule has 0 aromatic heterocycles. The molecule has 4 nitrogen and oxygen atoms in total. The third kappa shape index (κ3) is 3.59. The number of fused-ring (bicyclic) bond motifs is 1. The van der Waals surface area contributed by atoms with E-state index in [1.807, 2.05) is 12.1 Å². The summed E-state index contributed by atoms with van der Waals surface area (Å²) in [6.45, 7) is 9.90. The standard InChI is InChI=1S/C21H27O4.Zn/c1-20(2)21(3,4)25-19-17(13-18(19)24-20)14-5-7-15(8-6-14)23-16-9-11-22-12-10-16;/h5-7,13,16-17,19H,9-12H2,1-4H3;/q-1;. The first-order valence-corrected chi connectivity index (χ1v) is 9.20. The first-order valence-electron chi connectivity index (χ1n) is 9.20. The van der Waals surface area contributed by atoms with E-state index in [9.17, 15) is 0 Å². The second kappa shape index (κ2) is 7.26. The Balaban J connectivity index is 0.00000196. The van der Waals surface area contributed by atoms with Gasteiger partial charge in [0.05, 0.1) is 19.3 Å². The fourth-order valence-corrected chi connectivity index (χ4v) is 3.47. The molecule has 3 aliphatic rings. The van der Waals surface area contributed by atoms with E-state index in [1.165, 1.54) is 5.56 Å². The molecule has 0 N–H and O–H groups in total. The molecule has 5 heteroatoms. The van der Waals surface area contributed by atoms with Crippen LogP contribution in [-0.2, 0) is 33.7 Å². The molecule has 1 aromatic carbocycles. The van der Waals surface area contributed by atoms with Crippen LogP contribution in [0.4, 0.5) is 0 Å². The number of benzene rings is 1. The van der Waals surface area contributed by atoms with Gasteiger partial charge in [-0.2, -0.15) is 12.1 Å². The second-order valence-corrected chi connectivity index (χ2v) is 8.17. The van der Waals surface area contributed by atoms with Crippen LogP contribution in [0.5, 0.6) is 5.75 Å². The van der Waals surface area contributed by atoms with Crippen LogP contribution in [0.3, 0.4) is 0 Å². The van der Waals surface area contributed by atoms with Crippen molar-refractivity contribution in [3.63, 3.8) is 0 Å². The Kier molecular flexibility index (Phi) is 5.54. The van der Waals surface area contributed by atoms with Crippen LogP contribution in [-0.4, -0.2) is 36.6 Å². The van der Waals surface area contributed by atoms with Gasteiger partial charge in [-0.3, -0.25) is 0 Å². The quantitative estimate of drug-likeness (QED) is 0.559. The molecule has 2 saturated heterocycles. The average Bonchev–Trinajstić information content (AvgIpc) is 2.57. The van der Waals surface area contributed by atoms with E-state index in [4.69, 9.17) is 18.9 Å². The van der Waals surface area contributed by atoms with E-state index in [0.717, 1.165) is 37.6 Å². The maximum atomic E-state index is 6.35. The summed E-state index contributed by atoms with van der Waals surface area (Å²) in [5.74, 6) is 1.98. The van der Waals surface area contributed by atoms with Crippen LogP contribution in [0.2, 0.25) is 0 Å². The largest absolute Gasteiger partial charge is 0.516 e. The van der Waals surface area contributed by atoms with Gasteiger partial charge < -0.3 is 18.9 Å². The predicted molar refractivity (Wildman–Crippen MR) is 94.7 cm³/mol. The minimum Gasteiger partial charge on any atom is -0.516 e. The first-order chi connectivity index (χ1) is 11.9. The summed E-state index contributed by atoms with van der Waals surface area (Å²) in [5.41, 5.74) is 0.532. The van der Waals surface area contributed by atoms with Crippen molar-refractivity contribution in [2.75, 3.05) is 13.2 Å². The van der Waals surface area contributed by atoms with Gasteiger partial charge in [0.15, 0.2) is 0 Å². The van der Waals surface area contributed by atoms with E-state index in [2.05, 4.69) is 45.9 Å². The normalized spacial score (nSPS) is 29.3. The monoisotopic (exact) mass is 407 g/mol. The Bertz CT molecular complexity index is 659. The van der Waals surface area contributed by atoms with Gasteiger partial charge in [-0.15, -0.1) is 17.7 Å². The fraction of sp³-hybridized carbons (Fsp3) is 0.619. The molecule has 2 aliphatic heterocycles. The Hall–Kier alpha value is -0.897. The van der Waals surface area contributed by atoms with Crippen molar-refractivity contribution in [3.8, 4) is 5.75 Å². The SMILES string of the molecule is CC1(C)OC2=CC(c3c[c-]c(OC4CCOCC4)cc3)C2OC1(C)C.[Zn]. The van der Waals surface area contributed by atoms with Crippen LogP contribution in [0.25, 0.3) is 0 Å². The molecule has 2 unspecified atom stereocenters. The molecule has 2 atom stereocenters. The zero-order chi connectivity index (χ0) is 17.7. The van der Waals surface area contributed by atoms with Gasteiger partial charge in [0.1, 0.15) is 23.1 Å². The summed E-state index contributed by atoms with van der Waals surface area (Å²) < 4.78 is 23.9. The van der Waals surface area contributed by atoms with Gasteiger partial charge in [-0.05, 0) is 39.7 Å². The van der Waals surface area contributed by atoms with E-state index >= 15 is 0 Å². The van der Waals surface area contributed by atoms with Crippen molar-refractivity contribution in [2.45, 2.75) is 69.9 Å². The Labute approximate surface area is 169 Å². The molecule has 1 aliphatic carbocycles. The molecular weight excluding hydrogens is 382 g/mol. The summed E-state index contributed by atoms with van der Waals surface area (Å²) in [6.07, 6.45) is 4.29. The molecule has 0 saturated carbocycles. The number of ether oxygens (including phenoxy) is 4. The third-order valence-electron chi connectivity index (χ3n) is 5.85. The van der Waals surface area contributed by atoms with Crippen LogP contribution in [0, 0.1) is 6.07 Å². The fourth-order valence-electron chi connectivity index (χ4n) is 3.47. The second-order valence-electron chi connectivity index (χ2n) is 8.17. The molecule has 4 rings (SSSR count). The molecular formula is C21H27O4Zn-. The van der Waals surface area contributed by atoms with Gasteiger partial charge in [0.2, 0.25) is 0 Å². The Morgan fingerprint density at radius 3 is 2.46 bits per heavy atom. The molecule has 138 valence electrons. The summed E-state index contributed by atoms with van der Waals surface area (Å²) in [5, 5.41) is 0. The van der Waals surface area contributed by atoms with Crippen molar-refractivity contribution in [1.29, 1.82) is 0 Å². The van der Waals surface area contributed by atoms with E-state index in [-0.39, 0.29) is 48.8 Å². The molecule has 0 amide bonds. The van der Waals surface area contributed by atoms with Crippen molar-refractivity contribution in [2.24, 2.45) is 0 Å². The maximum Gasteiger partial charge on any atom is 0.131 e. The van der Waals surface area contributed by atoms with Gasteiger partial charge in [0, 0.05) is 38.1 Å². The predicted octanol–water partition coefficient (Wildman–Crippen LogP) is 4.00. The molecule has 2 fully saturated rings. The summed E-state index contributed by atoms with van der Waals surface area (Å²) in [7, 11) is 0. The van der Waals surface area contributed by atoms with Crippen molar-refractivity contribution >= 4 is 0 Å². The first kappa shape index (κ1) is 19.9. The Morgan fingerprint density at radius 2 is 1.81 bits per heavy atom. The molecule has 0 spiro atoms. The van der Waals surface area contributed by atoms with Crippen LogP contribution >= 0.6 is 0 Å². The van der Waals surface area contributed by atoms with E-state index in [0.29, 0.717) is 0 Å². The van der Waals surface area contributed by atoms with Gasteiger partial charge in [-0.25, -0.2) is 0 Å². The van der Waals surface area contributed by atoms with E-state index < -0.39 is 0 Å². The van der Waals surface area contributed by atoms with Crippen LogP contribution in [0.15, 0.2) is 30.0 Å². The molecule has 1 aromatic rings. The van der Waals surface area contributed by atoms with Gasteiger partial charge in [0.25, 0.3) is 0 Å². The smallest absolute Gasteiger partial charge is 0.131 e. The third-order valence-corrected chi connectivity index (χ3v) is 5.85. The summed E-state index contributed by atoms with van der Waals surface area (Å²) in [4.78, 5) is 0. The Morgan fingerprint density at radius 1 is 1.08 bits per heavy atom. The zero-order valence-corrected chi connectivity index (χ0v) is 19.2. The van der Waals surface area contributed by atoms with E-state index in [1.54, 1.807) is 0 Å². The number of rotatable bonds is 3. The molecule has 2 heterocycles. The average molecular weight is 409 g/mol. The van der Waals surface area contributed by atoms with Crippen molar-refractivity contribution < 1.29 is 38.4 Å². The molecule has 0 radical (unpaired) electrons. The minimum absolute atomic E-state index is 0. The topological polar surface area (TPSA) is 36.9 Å². The number of hydrogen-bond acceptors (Lipinski definition) is 4. The maximum absolute atomic E-state index is 6.35.